The van der Waals surface area contributed by atoms with Gasteiger partial charge in [0.2, 0.25) is 0 Å². The highest BCUT2D eigenvalue weighted by Crippen LogP contribution is 2.18. The summed E-state index contributed by atoms with van der Waals surface area (Å²) in [6.45, 7) is 37.9. The maximum Gasteiger partial charge on any atom is 0.306 e. The Hall–Kier alpha value is -3.05. The maximum atomic E-state index is 10.6. The lowest BCUT2D eigenvalue weighted by atomic mass is 9.93. The molecule has 2 heterocycles. The standard InChI is InChI=1S/C7H9N.C7H14O2.C6H8N2.2C4H8.C3H6.4C2H6/c1-2-7-5-3-4-6-8-7;1-7(2,3)5-6(8)9-4;7-5-6-3-1-2-4-8-6;2*1-3-4-2;1-3-2;4*1-2/h3-6H,2H2,1H3;5H2,1-4H3;1-4H,5,7H2;2*3-4H,1-2H3;3H,1H2,2H3;4*1-2H3/b;;;2*4-3-;;;;;. The van der Waals surface area contributed by atoms with Crippen LogP contribution in [0.3, 0.4) is 0 Å². The van der Waals surface area contributed by atoms with E-state index < -0.39 is 0 Å². The molecule has 0 aliphatic heterocycles. The van der Waals surface area contributed by atoms with Gasteiger partial charge in [-0.3, -0.25) is 14.8 Å². The largest absolute Gasteiger partial charge is 0.469 e. The lowest BCUT2D eigenvalue weighted by Gasteiger charge is -2.14. The van der Waals surface area contributed by atoms with Gasteiger partial charge in [0.25, 0.3) is 0 Å². The van der Waals surface area contributed by atoms with Crippen molar-refractivity contribution in [1.82, 2.24) is 9.97 Å². The minimum Gasteiger partial charge on any atom is -0.469 e. The number of aryl methyl sites for hydroxylation is 1. The molecule has 5 nitrogen and oxygen atoms in total. The molecule has 0 radical (unpaired) electrons. The van der Waals surface area contributed by atoms with Crippen molar-refractivity contribution in [1.29, 1.82) is 0 Å². The summed E-state index contributed by atoms with van der Waals surface area (Å²) >= 11 is 0. The number of ether oxygens (including phenoxy) is 1. The van der Waals surface area contributed by atoms with Crippen molar-refractivity contribution in [3.8, 4) is 0 Å². The zero-order valence-electron chi connectivity index (χ0n) is 32.6. The second-order valence-electron chi connectivity index (χ2n) is 8.25. The van der Waals surface area contributed by atoms with E-state index in [2.05, 4.69) is 28.2 Å². The minimum absolute atomic E-state index is 0.0487. The molecule has 0 saturated carbocycles. The Morgan fingerprint density at radius 1 is 0.750 bits per heavy atom. The number of methoxy groups -OCH3 is 1. The van der Waals surface area contributed by atoms with Crippen LogP contribution in [-0.4, -0.2) is 23.0 Å². The van der Waals surface area contributed by atoms with E-state index in [1.807, 2.05) is 178 Å². The predicted octanol–water partition coefficient (Wildman–Crippen LogP) is 12.2. The van der Waals surface area contributed by atoms with Gasteiger partial charge in [0.05, 0.1) is 19.2 Å². The molecule has 0 spiro atoms. The molecule has 260 valence electrons. The number of aromatic nitrogens is 2. The molecule has 0 amide bonds. The molecule has 44 heavy (non-hydrogen) atoms. The van der Waals surface area contributed by atoms with E-state index in [0.29, 0.717) is 13.0 Å². The van der Waals surface area contributed by atoms with Crippen LogP contribution in [0.4, 0.5) is 0 Å². The molecular weight excluding hydrogens is 542 g/mol. The Morgan fingerprint density at radius 3 is 1.18 bits per heavy atom. The molecule has 2 N–H and O–H groups in total. The summed E-state index contributed by atoms with van der Waals surface area (Å²) in [5.41, 5.74) is 7.43. The predicted molar refractivity (Wildman–Crippen MR) is 204 cm³/mol. The van der Waals surface area contributed by atoms with Crippen LogP contribution < -0.4 is 5.73 Å². The summed E-state index contributed by atoms with van der Waals surface area (Å²) in [6.07, 6.45) is 14.8. The van der Waals surface area contributed by atoms with Crippen molar-refractivity contribution in [2.24, 2.45) is 11.1 Å². The highest BCUT2D eigenvalue weighted by atomic mass is 16.5. The molecule has 2 aromatic heterocycles. The van der Waals surface area contributed by atoms with Crippen molar-refractivity contribution >= 4 is 5.97 Å². The first-order chi connectivity index (χ1) is 21.1. The van der Waals surface area contributed by atoms with Gasteiger partial charge in [-0.2, -0.15) is 0 Å². The van der Waals surface area contributed by atoms with Gasteiger partial charge < -0.3 is 10.5 Å². The van der Waals surface area contributed by atoms with Crippen molar-refractivity contribution in [2.75, 3.05) is 7.11 Å². The summed E-state index contributed by atoms with van der Waals surface area (Å²) in [7, 11) is 1.41. The van der Waals surface area contributed by atoms with E-state index in [1.165, 1.54) is 7.11 Å². The number of rotatable bonds is 3. The van der Waals surface area contributed by atoms with Crippen LogP contribution in [0.5, 0.6) is 0 Å². The highest BCUT2D eigenvalue weighted by Gasteiger charge is 2.15. The fourth-order valence-corrected chi connectivity index (χ4v) is 1.63. The second kappa shape index (κ2) is 63.3. The van der Waals surface area contributed by atoms with Crippen LogP contribution in [0.25, 0.3) is 0 Å². The van der Waals surface area contributed by atoms with E-state index in [4.69, 9.17) is 5.73 Å². The molecule has 0 aliphatic carbocycles. The molecule has 0 aromatic carbocycles. The van der Waals surface area contributed by atoms with E-state index in [0.717, 1.165) is 17.8 Å². The first kappa shape index (κ1) is 60.2. The zero-order chi connectivity index (χ0) is 36.7. The fourth-order valence-electron chi connectivity index (χ4n) is 1.63. The third kappa shape index (κ3) is 83.3. The van der Waals surface area contributed by atoms with E-state index in [1.54, 1.807) is 12.3 Å². The van der Waals surface area contributed by atoms with Crippen LogP contribution in [0.15, 0.2) is 85.8 Å². The van der Waals surface area contributed by atoms with Gasteiger partial charge >= 0.3 is 5.97 Å². The molecule has 2 aromatic rings. The van der Waals surface area contributed by atoms with E-state index in [-0.39, 0.29) is 11.4 Å². The normalized spacial score (nSPS) is 8.16. The molecule has 0 aliphatic rings. The first-order valence-corrected chi connectivity index (χ1v) is 16.3. The smallest absolute Gasteiger partial charge is 0.306 e. The van der Waals surface area contributed by atoms with Crippen molar-refractivity contribution in [3.05, 3.63) is 97.1 Å². The van der Waals surface area contributed by atoms with Crippen molar-refractivity contribution in [2.45, 2.75) is 137 Å². The van der Waals surface area contributed by atoms with Crippen LogP contribution in [0.1, 0.15) is 136 Å². The number of carbonyl (C=O) groups excluding carboxylic acids is 1. The monoisotopic (exact) mass is 620 g/mol. The molecular formula is C39H77N3O2. The first-order valence-electron chi connectivity index (χ1n) is 16.3. The lowest BCUT2D eigenvalue weighted by molar-refractivity contribution is -0.142. The molecule has 0 unspecified atom stereocenters. The fraction of sp³-hybridized carbons (Fsp3) is 0.564. The minimum atomic E-state index is -0.137. The zero-order valence-corrected chi connectivity index (χ0v) is 32.6. The van der Waals surface area contributed by atoms with E-state index in [9.17, 15) is 4.79 Å². The number of pyridine rings is 2. The third-order valence-electron chi connectivity index (χ3n) is 3.59. The van der Waals surface area contributed by atoms with Gasteiger partial charge in [0.15, 0.2) is 0 Å². The summed E-state index contributed by atoms with van der Waals surface area (Å²) < 4.78 is 4.49. The Bertz CT molecular complexity index is 694. The van der Waals surface area contributed by atoms with Crippen LogP contribution in [0, 0.1) is 5.41 Å². The Morgan fingerprint density at radius 2 is 1.07 bits per heavy atom. The topological polar surface area (TPSA) is 78.1 Å². The van der Waals surface area contributed by atoms with Gasteiger partial charge in [0.1, 0.15) is 0 Å². The third-order valence-corrected chi connectivity index (χ3v) is 3.59. The number of hydrogen-bond acceptors (Lipinski definition) is 5. The molecule has 0 bridgehead atoms. The van der Waals surface area contributed by atoms with Gasteiger partial charge in [0, 0.05) is 24.6 Å². The maximum absolute atomic E-state index is 10.6. The Balaban J connectivity index is -0.0000000580. The summed E-state index contributed by atoms with van der Waals surface area (Å²) in [4.78, 5) is 18.7. The lowest BCUT2D eigenvalue weighted by Crippen LogP contribution is -2.13. The number of nitrogens with zero attached hydrogens (tertiary/aromatic N) is 2. The molecule has 0 atom stereocenters. The Labute approximate surface area is 277 Å². The van der Waals surface area contributed by atoms with Crippen LogP contribution in [-0.2, 0) is 22.5 Å². The number of carbonyl (C=O) groups is 1. The summed E-state index contributed by atoms with van der Waals surface area (Å²) in [5.74, 6) is -0.137. The van der Waals surface area contributed by atoms with Crippen molar-refractivity contribution in [3.63, 3.8) is 0 Å². The number of esters is 1. The molecule has 5 heteroatoms. The number of hydrogen-bond donors (Lipinski definition) is 1. The van der Waals surface area contributed by atoms with Crippen LogP contribution in [0.2, 0.25) is 0 Å². The second-order valence-corrected chi connectivity index (χ2v) is 8.25. The number of allylic oxidation sites excluding steroid dienone is 5. The average Bonchev–Trinajstić information content (AvgIpc) is 3.09. The average molecular weight is 620 g/mol. The summed E-state index contributed by atoms with van der Waals surface area (Å²) in [6, 6.07) is 11.7. The van der Waals surface area contributed by atoms with Gasteiger partial charge in [-0.05, 0) is 70.7 Å². The summed E-state index contributed by atoms with van der Waals surface area (Å²) in [5, 5.41) is 0. The molecule has 2 rings (SSSR count). The van der Waals surface area contributed by atoms with Gasteiger partial charge in [-0.25, -0.2) is 0 Å². The molecule has 0 fully saturated rings. The van der Waals surface area contributed by atoms with E-state index >= 15 is 0 Å². The highest BCUT2D eigenvalue weighted by molar-refractivity contribution is 5.69. The van der Waals surface area contributed by atoms with Gasteiger partial charge in [-0.15, -0.1) is 6.58 Å². The molecule has 0 saturated heterocycles. The quantitative estimate of drug-likeness (QED) is 0.273. The van der Waals surface area contributed by atoms with Gasteiger partial charge in [-0.1, -0.05) is 126 Å². The SMILES string of the molecule is C/C=C\C.C/C=C\C.C=CC.CC.CC.CC.CC.CCc1ccccn1.COC(=O)CC(C)(C)C.NCc1ccccn1. The Kier molecular flexibility index (Phi) is 86.6. The van der Waals surface area contributed by atoms with Crippen molar-refractivity contribution < 1.29 is 9.53 Å². The van der Waals surface area contributed by atoms with Crippen LogP contribution >= 0.6 is 0 Å². The number of nitrogens with two attached hydrogens (primary N) is 1.